The standard InChI is InChI=1S/C20H29ClN3O3S.2CH2/c21-18-12-6-7-13-19(18)28(26,27)24-14-8-11-17(24)15-22-20(25)23-16-9-4-2-1-3-5-10-16;;/h6-7,12-13,17H,1-5,8-11,14-15H2,(H2,22,23,25);2*1H2. The fourth-order valence-electron chi connectivity index (χ4n) is 3.98. The van der Waals surface area contributed by atoms with E-state index in [1.807, 2.05) is 0 Å². The minimum absolute atomic E-state index is 0. The zero-order valence-corrected chi connectivity index (χ0v) is 19.1. The van der Waals surface area contributed by atoms with Gasteiger partial charge in [-0.2, -0.15) is 4.31 Å². The molecule has 2 N–H and O–H groups in total. The van der Waals surface area contributed by atoms with Crippen LogP contribution in [0, 0.1) is 20.9 Å². The number of rotatable bonds is 5. The van der Waals surface area contributed by atoms with E-state index in [9.17, 15) is 13.2 Å². The molecular weight excluding hydrogens is 422 g/mol. The van der Waals surface area contributed by atoms with Gasteiger partial charge < -0.3 is 10.6 Å². The van der Waals surface area contributed by atoms with Crippen LogP contribution >= 0.6 is 11.6 Å². The molecule has 1 aromatic rings. The van der Waals surface area contributed by atoms with E-state index in [2.05, 4.69) is 10.6 Å². The average molecular weight is 455 g/mol. The van der Waals surface area contributed by atoms with E-state index < -0.39 is 10.0 Å². The van der Waals surface area contributed by atoms with Gasteiger partial charge in [-0.1, -0.05) is 70.7 Å². The van der Waals surface area contributed by atoms with E-state index in [1.165, 1.54) is 29.6 Å². The van der Waals surface area contributed by atoms with Gasteiger partial charge in [0.1, 0.15) is 4.90 Å². The molecule has 1 heterocycles. The first-order valence-electron chi connectivity index (χ1n) is 10.1. The topological polar surface area (TPSA) is 78.5 Å². The molecule has 8 heteroatoms. The summed E-state index contributed by atoms with van der Waals surface area (Å²) in [6, 6.07) is 7.08. The van der Waals surface area contributed by atoms with Gasteiger partial charge >= 0.3 is 6.03 Å². The Morgan fingerprint density at radius 3 is 2.33 bits per heavy atom. The van der Waals surface area contributed by atoms with Crippen LogP contribution in [-0.2, 0) is 10.0 Å². The number of carbonyl (C=O) groups excluding carboxylic acids is 1. The fourth-order valence-corrected chi connectivity index (χ4v) is 6.17. The first kappa shape index (κ1) is 26.7. The van der Waals surface area contributed by atoms with Crippen molar-refractivity contribution in [2.24, 2.45) is 0 Å². The molecule has 6 nitrogen and oxygen atoms in total. The van der Waals surface area contributed by atoms with Crippen LogP contribution < -0.4 is 10.6 Å². The molecule has 1 aromatic carbocycles. The number of hydrogen-bond donors (Lipinski definition) is 2. The Hall–Kier alpha value is -1.31. The van der Waals surface area contributed by atoms with Crippen LogP contribution in [0.15, 0.2) is 29.2 Å². The van der Waals surface area contributed by atoms with Crippen LogP contribution in [0.4, 0.5) is 4.79 Å². The number of nitrogens with one attached hydrogen (secondary N) is 2. The van der Waals surface area contributed by atoms with Crippen molar-refractivity contribution >= 4 is 27.7 Å². The Morgan fingerprint density at radius 1 is 1.03 bits per heavy atom. The summed E-state index contributed by atoms with van der Waals surface area (Å²) in [5, 5.41) is 6.07. The van der Waals surface area contributed by atoms with Crippen molar-refractivity contribution in [3.05, 3.63) is 50.2 Å². The summed E-state index contributed by atoms with van der Waals surface area (Å²) in [5.74, 6) is 0. The van der Waals surface area contributed by atoms with Crippen molar-refractivity contribution < 1.29 is 13.2 Å². The summed E-state index contributed by atoms with van der Waals surface area (Å²) < 4.78 is 27.5. The lowest BCUT2D eigenvalue weighted by molar-refractivity contribution is 0.237. The molecule has 1 unspecified atom stereocenters. The first-order chi connectivity index (χ1) is 13.5. The minimum atomic E-state index is -3.68. The molecule has 0 spiro atoms. The number of urea groups is 1. The van der Waals surface area contributed by atoms with Gasteiger partial charge in [0.05, 0.1) is 11.1 Å². The van der Waals surface area contributed by atoms with Crippen LogP contribution in [0.2, 0.25) is 5.02 Å². The fraction of sp³-hybridized carbons (Fsp3) is 0.545. The highest BCUT2D eigenvalue weighted by Crippen LogP contribution is 2.29. The molecule has 1 saturated carbocycles. The maximum Gasteiger partial charge on any atom is 0.315 e. The Bertz CT molecular complexity index is 765. The highest BCUT2D eigenvalue weighted by atomic mass is 35.5. The molecule has 167 valence electrons. The third-order valence-electron chi connectivity index (χ3n) is 5.49. The number of hydrogen-bond acceptors (Lipinski definition) is 3. The predicted molar refractivity (Wildman–Crippen MR) is 121 cm³/mol. The van der Waals surface area contributed by atoms with Gasteiger partial charge in [0, 0.05) is 19.1 Å². The Balaban J connectivity index is 0.00000225. The first-order valence-corrected chi connectivity index (χ1v) is 12.0. The van der Waals surface area contributed by atoms with Gasteiger partial charge in [0.2, 0.25) is 10.0 Å². The quantitative estimate of drug-likeness (QED) is 0.675. The lowest BCUT2D eigenvalue weighted by atomic mass is 9.97. The zero-order chi connectivity index (χ0) is 20.0. The smallest absolute Gasteiger partial charge is 0.315 e. The average Bonchev–Trinajstić information content (AvgIpc) is 3.12. The summed E-state index contributed by atoms with van der Waals surface area (Å²) >= 11 is 6.11. The molecule has 1 atom stereocenters. The summed E-state index contributed by atoms with van der Waals surface area (Å²) in [4.78, 5) is 12.4. The van der Waals surface area contributed by atoms with Crippen LogP contribution in [0.5, 0.6) is 0 Å². The number of amides is 2. The van der Waals surface area contributed by atoms with E-state index in [1.54, 1.807) is 18.2 Å². The SMILES string of the molecule is O=C(NCC1CCCN1S(=O)(=O)c1ccccc1Cl)N[C]1CCCCCCC1.[CH2].[CH2]. The number of benzene rings is 1. The summed E-state index contributed by atoms with van der Waals surface area (Å²) in [7, 11) is -3.68. The van der Waals surface area contributed by atoms with Crippen molar-refractivity contribution in [2.75, 3.05) is 13.1 Å². The molecular formula is C22H33ClN3O3S. The maximum atomic E-state index is 13.0. The summed E-state index contributed by atoms with van der Waals surface area (Å²) in [5.41, 5.74) is 0. The lowest BCUT2D eigenvalue weighted by Gasteiger charge is -2.25. The second-order valence-corrected chi connectivity index (χ2v) is 9.81. The van der Waals surface area contributed by atoms with Crippen LogP contribution in [0.3, 0.4) is 0 Å². The van der Waals surface area contributed by atoms with E-state index in [0.29, 0.717) is 13.1 Å². The van der Waals surface area contributed by atoms with Crippen LogP contribution in [-0.4, -0.2) is 37.9 Å². The van der Waals surface area contributed by atoms with Gasteiger partial charge in [-0.15, -0.1) is 0 Å². The maximum absolute atomic E-state index is 13.0. The second-order valence-electron chi connectivity index (χ2n) is 7.55. The van der Waals surface area contributed by atoms with Crippen molar-refractivity contribution in [2.45, 2.75) is 68.7 Å². The van der Waals surface area contributed by atoms with Crippen molar-refractivity contribution in [1.29, 1.82) is 0 Å². The number of nitrogens with zero attached hydrogens (tertiary/aromatic N) is 1. The third kappa shape index (κ3) is 6.86. The summed E-state index contributed by atoms with van der Waals surface area (Å²) in [6.07, 6.45) is 9.29. The molecule has 3 rings (SSSR count). The van der Waals surface area contributed by atoms with Crippen LogP contribution in [0.1, 0.15) is 57.8 Å². The lowest BCUT2D eigenvalue weighted by Crippen LogP contribution is -2.46. The molecule has 1 saturated heterocycles. The molecule has 30 heavy (non-hydrogen) atoms. The monoisotopic (exact) mass is 454 g/mol. The predicted octanol–water partition coefficient (Wildman–Crippen LogP) is 4.72. The van der Waals surface area contributed by atoms with Crippen molar-refractivity contribution in [1.82, 2.24) is 14.9 Å². The Kier molecular flexibility index (Phi) is 11.2. The molecule has 2 amide bonds. The van der Waals surface area contributed by atoms with Crippen molar-refractivity contribution in [3.8, 4) is 0 Å². The van der Waals surface area contributed by atoms with E-state index in [4.69, 9.17) is 11.6 Å². The molecule has 2 fully saturated rings. The highest BCUT2D eigenvalue weighted by Gasteiger charge is 2.36. The third-order valence-corrected chi connectivity index (χ3v) is 7.94. The highest BCUT2D eigenvalue weighted by molar-refractivity contribution is 7.89. The minimum Gasteiger partial charge on any atom is -0.337 e. The molecule has 0 aromatic heterocycles. The molecule has 1 aliphatic carbocycles. The van der Waals surface area contributed by atoms with Crippen molar-refractivity contribution in [3.63, 3.8) is 0 Å². The van der Waals surface area contributed by atoms with E-state index in [0.717, 1.165) is 44.6 Å². The van der Waals surface area contributed by atoms with E-state index in [-0.39, 0.29) is 36.8 Å². The normalized spacial score (nSPS) is 20.9. The molecule has 2 aliphatic rings. The van der Waals surface area contributed by atoms with Gasteiger partial charge in [-0.25, -0.2) is 13.2 Å². The van der Waals surface area contributed by atoms with Gasteiger partial charge in [-0.05, 0) is 37.8 Å². The molecule has 0 bridgehead atoms. The van der Waals surface area contributed by atoms with Gasteiger partial charge in [-0.3, -0.25) is 0 Å². The largest absolute Gasteiger partial charge is 0.337 e. The second kappa shape index (κ2) is 12.5. The van der Waals surface area contributed by atoms with Crippen LogP contribution in [0.25, 0.3) is 0 Å². The molecule has 1 aliphatic heterocycles. The zero-order valence-electron chi connectivity index (χ0n) is 17.5. The summed E-state index contributed by atoms with van der Waals surface area (Å²) in [6.45, 7) is 0.738. The number of carbonyl (C=O) groups is 1. The van der Waals surface area contributed by atoms with Gasteiger partial charge in [0.15, 0.2) is 0 Å². The molecule has 5 radical (unpaired) electrons. The number of sulfonamides is 1. The van der Waals surface area contributed by atoms with E-state index >= 15 is 0 Å². The Labute approximate surface area is 187 Å². The number of halogens is 1. The Morgan fingerprint density at radius 2 is 1.67 bits per heavy atom. The van der Waals surface area contributed by atoms with Gasteiger partial charge in [0.25, 0.3) is 0 Å².